The topological polar surface area (TPSA) is 94.5 Å². The van der Waals surface area contributed by atoms with Gasteiger partial charge in [0, 0.05) is 19.7 Å². The number of carbonyl (C=O) groups excluding carboxylic acids is 2. The van der Waals surface area contributed by atoms with Crippen LogP contribution in [-0.4, -0.2) is 56.2 Å². The van der Waals surface area contributed by atoms with Crippen LogP contribution < -0.4 is 14.2 Å². The number of nitrogens with zero attached hydrogens (tertiary/aromatic N) is 1. The van der Waals surface area contributed by atoms with Crippen molar-refractivity contribution in [2.45, 2.75) is 12.6 Å². The monoisotopic (exact) mass is 537 g/mol. The van der Waals surface area contributed by atoms with E-state index in [1.807, 2.05) is 30.3 Å². The summed E-state index contributed by atoms with van der Waals surface area (Å²) in [5.74, 6) is -0.935. The Morgan fingerprint density at radius 3 is 2.37 bits per heavy atom. The van der Waals surface area contributed by atoms with Crippen molar-refractivity contribution in [3.8, 4) is 17.2 Å². The molecule has 1 unspecified atom stereocenters. The summed E-state index contributed by atoms with van der Waals surface area (Å²) in [5, 5.41) is 11.7. The number of aliphatic hydroxyl groups excluding tert-OH is 1. The van der Waals surface area contributed by atoms with Crippen molar-refractivity contribution in [3.05, 3.63) is 94.0 Å². The van der Waals surface area contributed by atoms with Gasteiger partial charge in [-0.15, -0.1) is 0 Å². The summed E-state index contributed by atoms with van der Waals surface area (Å²) in [7, 11) is 4.35. The number of Topliss-reactive ketones (excluding diaryl/α,β-unsaturated/α-hetero) is 1. The Balaban J connectivity index is 1.81. The fourth-order valence-corrected chi connectivity index (χ4v) is 4.58. The molecule has 3 aromatic rings. The molecule has 0 aromatic heterocycles. The number of ether oxygens (including phenoxy) is 4. The maximum atomic E-state index is 13.3. The molecule has 4 rings (SSSR count). The fraction of sp³-hybridized carbons (Fsp3) is 0.241. The molecule has 1 aliphatic rings. The van der Waals surface area contributed by atoms with E-state index in [9.17, 15) is 14.7 Å². The molecule has 1 atom stereocenters. The number of benzene rings is 3. The molecule has 1 fully saturated rings. The summed E-state index contributed by atoms with van der Waals surface area (Å²) in [4.78, 5) is 27.8. The van der Waals surface area contributed by atoms with Crippen molar-refractivity contribution >= 4 is 29.1 Å². The quantitative estimate of drug-likeness (QED) is 0.221. The Morgan fingerprint density at radius 2 is 1.68 bits per heavy atom. The van der Waals surface area contributed by atoms with Gasteiger partial charge >= 0.3 is 0 Å². The highest BCUT2D eigenvalue weighted by molar-refractivity contribution is 6.46. The van der Waals surface area contributed by atoms with Crippen LogP contribution in [0.1, 0.15) is 22.7 Å². The van der Waals surface area contributed by atoms with Crippen molar-refractivity contribution in [3.63, 3.8) is 0 Å². The molecule has 1 amide bonds. The van der Waals surface area contributed by atoms with Gasteiger partial charge in [-0.25, -0.2) is 0 Å². The van der Waals surface area contributed by atoms with Gasteiger partial charge in [-0.2, -0.15) is 0 Å². The van der Waals surface area contributed by atoms with E-state index < -0.39 is 23.5 Å². The minimum absolute atomic E-state index is 0.0889. The average molecular weight is 538 g/mol. The van der Waals surface area contributed by atoms with E-state index in [0.29, 0.717) is 17.9 Å². The van der Waals surface area contributed by atoms with Crippen LogP contribution in [0.4, 0.5) is 0 Å². The predicted molar refractivity (Wildman–Crippen MR) is 143 cm³/mol. The highest BCUT2D eigenvalue weighted by atomic mass is 35.5. The lowest BCUT2D eigenvalue weighted by Crippen LogP contribution is -2.32. The van der Waals surface area contributed by atoms with Gasteiger partial charge in [0.15, 0.2) is 0 Å². The summed E-state index contributed by atoms with van der Waals surface area (Å²) in [6.07, 6.45) is 0. The summed E-state index contributed by atoms with van der Waals surface area (Å²) in [6.45, 7) is 0.681. The van der Waals surface area contributed by atoms with Gasteiger partial charge in [0.05, 0.1) is 43.0 Å². The minimum Gasteiger partial charge on any atom is -0.507 e. The van der Waals surface area contributed by atoms with Crippen LogP contribution in [0, 0.1) is 0 Å². The number of ketones is 1. The van der Waals surface area contributed by atoms with E-state index in [2.05, 4.69) is 0 Å². The maximum Gasteiger partial charge on any atom is 0.295 e. The number of likely N-dealkylation sites (tertiary alicyclic amines) is 1. The molecule has 1 saturated heterocycles. The van der Waals surface area contributed by atoms with E-state index >= 15 is 0 Å². The molecule has 1 aliphatic heterocycles. The van der Waals surface area contributed by atoms with Crippen molar-refractivity contribution in [2.75, 3.05) is 34.5 Å². The van der Waals surface area contributed by atoms with Crippen LogP contribution >= 0.6 is 11.6 Å². The zero-order valence-electron chi connectivity index (χ0n) is 21.3. The number of hydrogen-bond donors (Lipinski definition) is 1. The summed E-state index contributed by atoms with van der Waals surface area (Å²) >= 11 is 6.23. The van der Waals surface area contributed by atoms with Crippen LogP contribution in [0.25, 0.3) is 5.76 Å². The summed E-state index contributed by atoms with van der Waals surface area (Å²) in [6, 6.07) is 18.9. The van der Waals surface area contributed by atoms with E-state index in [0.717, 1.165) is 5.56 Å². The normalized spacial score (nSPS) is 16.5. The molecular formula is C29H28ClNO7. The van der Waals surface area contributed by atoms with E-state index in [1.54, 1.807) is 24.3 Å². The third kappa shape index (κ3) is 5.46. The highest BCUT2D eigenvalue weighted by Crippen LogP contribution is 2.43. The second-order valence-corrected chi connectivity index (χ2v) is 8.93. The van der Waals surface area contributed by atoms with Crippen molar-refractivity contribution in [2.24, 2.45) is 0 Å². The maximum absolute atomic E-state index is 13.3. The lowest BCUT2D eigenvalue weighted by atomic mass is 9.94. The zero-order chi connectivity index (χ0) is 27.2. The van der Waals surface area contributed by atoms with Crippen LogP contribution in [0.2, 0.25) is 5.02 Å². The second-order valence-electron chi connectivity index (χ2n) is 8.52. The molecule has 1 heterocycles. The van der Waals surface area contributed by atoms with Gasteiger partial charge < -0.3 is 29.0 Å². The van der Waals surface area contributed by atoms with Gasteiger partial charge in [-0.1, -0.05) is 54.1 Å². The van der Waals surface area contributed by atoms with Gasteiger partial charge in [0.25, 0.3) is 11.7 Å². The first-order valence-electron chi connectivity index (χ1n) is 11.9. The highest BCUT2D eigenvalue weighted by Gasteiger charge is 2.46. The number of carbonyl (C=O) groups is 2. The third-order valence-corrected chi connectivity index (χ3v) is 6.52. The third-order valence-electron chi connectivity index (χ3n) is 6.23. The van der Waals surface area contributed by atoms with Gasteiger partial charge in [-0.3, -0.25) is 9.59 Å². The first-order valence-corrected chi connectivity index (χ1v) is 12.2. The SMILES string of the molecule is COCCN1C(=O)C(=O)/C(=C(/O)c2cc(OC)c(Cl)cc2OC)C1c1cccc(OCc2ccccc2)c1. The standard InChI is InChI=1S/C29H28ClNO7/c1-35-13-12-31-26(19-10-7-11-20(14-19)38-17-18-8-5-4-6-9-18)25(28(33)29(31)34)27(32)21-15-24(37-3)22(30)16-23(21)36-2/h4-11,14-16,26,32H,12-13,17H2,1-3H3/b27-25+. The Hall–Kier alpha value is -4.01. The summed E-state index contributed by atoms with van der Waals surface area (Å²) < 4.78 is 21.9. The minimum atomic E-state index is -0.892. The van der Waals surface area contributed by atoms with E-state index in [4.69, 9.17) is 30.5 Å². The van der Waals surface area contributed by atoms with Crippen LogP contribution in [0.5, 0.6) is 17.2 Å². The molecule has 0 aliphatic carbocycles. The molecule has 1 N–H and O–H groups in total. The molecule has 38 heavy (non-hydrogen) atoms. The smallest absolute Gasteiger partial charge is 0.295 e. The molecule has 8 nitrogen and oxygen atoms in total. The average Bonchev–Trinajstić information content (AvgIpc) is 3.20. The number of methoxy groups -OCH3 is 3. The molecule has 0 bridgehead atoms. The lowest BCUT2D eigenvalue weighted by molar-refractivity contribution is -0.140. The Morgan fingerprint density at radius 1 is 0.947 bits per heavy atom. The largest absolute Gasteiger partial charge is 0.507 e. The Kier molecular flexibility index (Phi) is 8.55. The molecule has 0 spiro atoms. The Labute approximate surface area is 225 Å². The molecule has 198 valence electrons. The van der Waals surface area contributed by atoms with E-state index in [1.165, 1.54) is 38.4 Å². The first kappa shape index (κ1) is 27.0. The van der Waals surface area contributed by atoms with Crippen LogP contribution in [-0.2, 0) is 20.9 Å². The number of amides is 1. The second kappa shape index (κ2) is 12.0. The van der Waals surface area contributed by atoms with Crippen molar-refractivity contribution in [1.29, 1.82) is 0 Å². The van der Waals surface area contributed by atoms with Gasteiger partial charge in [0.2, 0.25) is 0 Å². The number of hydrogen-bond acceptors (Lipinski definition) is 7. The molecule has 3 aromatic carbocycles. The lowest BCUT2D eigenvalue weighted by Gasteiger charge is -2.25. The van der Waals surface area contributed by atoms with Gasteiger partial charge in [-0.05, 0) is 29.3 Å². The van der Waals surface area contributed by atoms with Gasteiger partial charge in [0.1, 0.15) is 29.6 Å². The predicted octanol–water partition coefficient (Wildman–Crippen LogP) is 5.00. The zero-order valence-corrected chi connectivity index (χ0v) is 22.0. The Bertz CT molecular complexity index is 1360. The molecule has 0 radical (unpaired) electrons. The number of rotatable bonds is 10. The fourth-order valence-electron chi connectivity index (χ4n) is 4.35. The molecular weight excluding hydrogens is 510 g/mol. The summed E-state index contributed by atoms with van der Waals surface area (Å²) in [5.41, 5.74) is 1.66. The molecule has 0 saturated carbocycles. The molecule has 9 heteroatoms. The van der Waals surface area contributed by atoms with E-state index in [-0.39, 0.29) is 40.8 Å². The van der Waals surface area contributed by atoms with Crippen LogP contribution in [0.15, 0.2) is 72.3 Å². The number of aliphatic hydroxyl groups is 1. The van der Waals surface area contributed by atoms with Crippen LogP contribution in [0.3, 0.4) is 0 Å². The number of halogens is 1. The first-order chi connectivity index (χ1) is 18.4. The van der Waals surface area contributed by atoms with Crippen molar-refractivity contribution in [1.82, 2.24) is 4.90 Å². The van der Waals surface area contributed by atoms with Crippen molar-refractivity contribution < 1.29 is 33.6 Å².